The third-order valence-electron chi connectivity index (χ3n) is 9.44. The molecule has 1 radical (unpaired) electrons. The number of hydrogen-bond acceptors (Lipinski definition) is 4. The Morgan fingerprint density at radius 1 is 0.868 bits per heavy atom. The molecule has 5 rings (SSSR count). The van der Waals surface area contributed by atoms with E-state index in [0.29, 0.717) is 29.6 Å². The van der Waals surface area contributed by atoms with E-state index in [2.05, 4.69) is 44.8 Å². The number of nitrogens with zero attached hydrogens (tertiary/aromatic N) is 1. The van der Waals surface area contributed by atoms with Crippen molar-refractivity contribution in [2.75, 3.05) is 0 Å². The molecule has 0 saturated heterocycles. The minimum atomic E-state index is -0.285. The summed E-state index contributed by atoms with van der Waals surface area (Å²) >= 11 is 1.71. The summed E-state index contributed by atoms with van der Waals surface area (Å²) < 4.78 is 1.23. The summed E-state index contributed by atoms with van der Waals surface area (Å²) in [7, 11) is 0. The molecule has 3 aromatic rings. The molecule has 5 heteroatoms. The van der Waals surface area contributed by atoms with E-state index in [0.717, 1.165) is 54.6 Å². The zero-order valence-corrected chi connectivity index (χ0v) is 26.7. The molecule has 3 nitrogen and oxygen atoms in total. The molecule has 4 unspecified atom stereocenters. The molecule has 2 aromatic carbocycles. The van der Waals surface area contributed by atoms with Gasteiger partial charge in [0.05, 0.1) is 17.7 Å². The summed E-state index contributed by atoms with van der Waals surface area (Å²) in [6.07, 6.45) is 8.81. The number of rotatable bonds is 7. The predicted octanol–water partition coefficient (Wildman–Crippen LogP) is 8.39. The number of aromatic nitrogens is 1. The van der Waals surface area contributed by atoms with Gasteiger partial charge in [0.2, 0.25) is 0 Å². The van der Waals surface area contributed by atoms with Gasteiger partial charge in [0.1, 0.15) is 0 Å². The van der Waals surface area contributed by atoms with Gasteiger partial charge in [-0.2, -0.15) is 11.3 Å². The smallest absolute Gasteiger partial charge is 0.0697 e. The van der Waals surface area contributed by atoms with E-state index < -0.39 is 0 Å². The first-order valence-electron chi connectivity index (χ1n) is 14.7. The van der Waals surface area contributed by atoms with Gasteiger partial charge in [0.25, 0.3) is 0 Å². The monoisotopic (exact) mass is 713 g/mol. The van der Waals surface area contributed by atoms with E-state index >= 15 is 0 Å². The zero-order valence-electron chi connectivity index (χ0n) is 23.5. The van der Waals surface area contributed by atoms with Crippen LogP contribution in [0.5, 0.6) is 0 Å². The molecule has 6 atom stereocenters. The predicted molar refractivity (Wildman–Crippen MR) is 156 cm³/mol. The van der Waals surface area contributed by atoms with E-state index in [1.54, 1.807) is 11.3 Å². The third kappa shape index (κ3) is 6.96. The van der Waals surface area contributed by atoms with Crippen LogP contribution in [-0.2, 0) is 20.1 Å². The number of para-hydroxylation sites is 1. The van der Waals surface area contributed by atoms with Crippen LogP contribution in [0.4, 0.5) is 0 Å². The number of aliphatic hydroxyl groups is 2. The maximum atomic E-state index is 11.1. The van der Waals surface area contributed by atoms with Gasteiger partial charge < -0.3 is 10.2 Å². The quantitative estimate of drug-likeness (QED) is 0.242. The van der Waals surface area contributed by atoms with Crippen molar-refractivity contribution in [1.82, 2.24) is 4.98 Å². The molecule has 211 valence electrons. The van der Waals surface area contributed by atoms with Gasteiger partial charge in [-0.25, -0.2) is 0 Å². The molecule has 2 fully saturated rings. The molecule has 2 saturated carbocycles. The molecule has 38 heavy (non-hydrogen) atoms. The zero-order chi connectivity index (χ0) is 26.4. The average Bonchev–Trinajstić information content (AvgIpc) is 3.46. The van der Waals surface area contributed by atoms with Gasteiger partial charge >= 0.3 is 0 Å². The average molecular weight is 713 g/mol. The summed E-state index contributed by atoms with van der Waals surface area (Å²) in [4.78, 5) is 4.57. The van der Waals surface area contributed by atoms with Crippen molar-refractivity contribution in [2.24, 2.45) is 35.5 Å². The second-order valence-corrected chi connectivity index (χ2v) is 12.3. The van der Waals surface area contributed by atoms with E-state index in [1.165, 1.54) is 17.5 Å². The molecule has 0 spiro atoms. The van der Waals surface area contributed by atoms with E-state index in [9.17, 15) is 10.2 Å². The Morgan fingerprint density at radius 2 is 1.50 bits per heavy atom. The van der Waals surface area contributed by atoms with Crippen LogP contribution in [0.15, 0.2) is 48.5 Å². The minimum absolute atomic E-state index is 0. The first kappa shape index (κ1) is 31.4. The van der Waals surface area contributed by atoms with Crippen LogP contribution >= 0.6 is 11.3 Å². The second kappa shape index (κ2) is 15.1. The Labute approximate surface area is 247 Å². The maximum absolute atomic E-state index is 11.1. The topological polar surface area (TPSA) is 53.4 Å². The van der Waals surface area contributed by atoms with Crippen molar-refractivity contribution in [2.45, 2.75) is 91.3 Å². The molecule has 2 aliphatic carbocycles. The van der Waals surface area contributed by atoms with Crippen LogP contribution in [0.2, 0.25) is 0 Å². The molecule has 2 N–H and O–H groups in total. The fourth-order valence-corrected chi connectivity index (χ4v) is 8.32. The summed E-state index contributed by atoms with van der Waals surface area (Å²) in [5, 5.41) is 23.1. The number of thiazole rings is 1. The van der Waals surface area contributed by atoms with Gasteiger partial charge in [-0.3, -0.25) is 4.98 Å². The van der Waals surface area contributed by atoms with E-state index in [4.69, 9.17) is 0 Å². The van der Waals surface area contributed by atoms with E-state index in [-0.39, 0.29) is 38.2 Å². The maximum Gasteiger partial charge on any atom is 0.0697 e. The molecule has 0 amide bonds. The molecule has 0 aliphatic heterocycles. The van der Waals surface area contributed by atoms with Crippen molar-refractivity contribution in [3.63, 3.8) is 0 Å². The fourth-order valence-electron chi connectivity index (χ4n) is 7.36. The molecule has 1 aromatic heterocycles. The number of hydrogen-bond donors (Lipinski definition) is 2. The Kier molecular flexibility index (Phi) is 12.4. The standard InChI is InChI=1S/C20H38O2.C13H8NS.Ir/c1-5-13(6-2)16-11-9-10-15-12-17(14(7-3)8-4)20(22)18(15)19(16)21;1-2-6-10(7-3-1)13-14-11-8-4-5-9-12(11)15-13;/h13-22H,5-12H2,1-4H3;1-6,8-9H;/q;-1;/t15?,16-,17+,18?,19?,20?;;/m1../s1. The molecule has 0 bridgehead atoms. The van der Waals surface area contributed by atoms with Crippen molar-refractivity contribution in [1.29, 1.82) is 0 Å². The SMILES string of the molecule is CCC(CC)[C@H]1CCCC2C[C@@H](C(CC)CC)C(O)C2C1O.[Ir].[c-]1ccccc1-c1nc2ccccc2s1. The van der Waals surface area contributed by atoms with Crippen molar-refractivity contribution in [3.05, 3.63) is 54.6 Å². The molecular formula is C33H46IrNO2S-. The Balaban J connectivity index is 0.000000218. The van der Waals surface area contributed by atoms with Crippen LogP contribution in [0.25, 0.3) is 20.8 Å². The van der Waals surface area contributed by atoms with Crippen LogP contribution in [0, 0.1) is 41.6 Å². The summed E-state index contributed by atoms with van der Waals surface area (Å²) in [6, 6.07) is 19.3. The number of benzene rings is 2. The fraction of sp³-hybridized carbons (Fsp3) is 0.606. The molecular weight excluding hydrogens is 667 g/mol. The minimum Gasteiger partial charge on any atom is -0.392 e. The third-order valence-corrected chi connectivity index (χ3v) is 10.5. The largest absolute Gasteiger partial charge is 0.392 e. The van der Waals surface area contributed by atoms with Gasteiger partial charge in [0, 0.05) is 35.7 Å². The Bertz CT molecular complexity index is 1050. The first-order valence-corrected chi connectivity index (χ1v) is 15.5. The van der Waals surface area contributed by atoms with Crippen LogP contribution in [0.3, 0.4) is 0 Å². The number of fused-ring (bicyclic) bond motifs is 2. The molecule has 2 aliphatic rings. The summed E-state index contributed by atoms with van der Waals surface area (Å²) in [5.74, 6) is 2.75. The van der Waals surface area contributed by atoms with Gasteiger partial charge in [-0.1, -0.05) is 71.9 Å². The summed E-state index contributed by atoms with van der Waals surface area (Å²) in [6.45, 7) is 9.00. The van der Waals surface area contributed by atoms with Crippen LogP contribution in [-0.4, -0.2) is 27.4 Å². The van der Waals surface area contributed by atoms with Crippen molar-refractivity contribution >= 4 is 21.6 Å². The van der Waals surface area contributed by atoms with E-state index in [1.807, 2.05) is 42.5 Å². The summed E-state index contributed by atoms with van der Waals surface area (Å²) in [5.41, 5.74) is 2.13. The second-order valence-electron chi connectivity index (χ2n) is 11.2. The Morgan fingerprint density at radius 3 is 2.13 bits per heavy atom. The molecule has 1 heterocycles. The van der Waals surface area contributed by atoms with Crippen LogP contribution < -0.4 is 0 Å². The normalized spacial score (nSPS) is 26.9. The Hall–Kier alpha value is -1.10. The van der Waals surface area contributed by atoms with Gasteiger partial charge in [-0.05, 0) is 61.0 Å². The van der Waals surface area contributed by atoms with Crippen LogP contribution in [0.1, 0.15) is 79.1 Å². The van der Waals surface area contributed by atoms with Gasteiger partial charge in [-0.15, -0.1) is 35.9 Å². The number of aliphatic hydroxyl groups excluding tert-OH is 2. The van der Waals surface area contributed by atoms with Gasteiger partial charge in [0.15, 0.2) is 0 Å². The first-order chi connectivity index (χ1) is 18.0. The van der Waals surface area contributed by atoms with Crippen molar-refractivity contribution in [3.8, 4) is 10.6 Å². The van der Waals surface area contributed by atoms with Crippen molar-refractivity contribution < 1.29 is 30.3 Å².